The van der Waals surface area contributed by atoms with Gasteiger partial charge >= 0.3 is 0 Å². The third kappa shape index (κ3) is 5.40. The van der Waals surface area contributed by atoms with Crippen LogP contribution in [0.25, 0.3) is 0 Å². The Morgan fingerprint density at radius 3 is 1.48 bits per heavy atom. The molecule has 0 heterocycles. The Kier molecular flexibility index (Phi) is 7.72. The van der Waals surface area contributed by atoms with Gasteiger partial charge in [0.1, 0.15) is 11.5 Å². The lowest BCUT2D eigenvalue weighted by Gasteiger charge is -2.26. The van der Waals surface area contributed by atoms with Gasteiger partial charge in [0, 0.05) is 10.6 Å². The first-order valence-corrected chi connectivity index (χ1v) is 11.8. The Balaban J connectivity index is 2.15. The Morgan fingerprint density at radius 2 is 1.03 bits per heavy atom. The first-order chi connectivity index (χ1) is 14.1. The minimum Gasteiger partial charge on any atom is -0.490 e. The summed E-state index contributed by atoms with van der Waals surface area (Å²) in [6.07, 6.45) is 2.31. The van der Waals surface area contributed by atoms with E-state index in [0.29, 0.717) is 0 Å². The summed E-state index contributed by atoms with van der Waals surface area (Å²) in [5, 5.41) is 3.76. The van der Waals surface area contributed by atoms with E-state index in [1.165, 1.54) is 15.9 Å². The monoisotopic (exact) mass is 406 g/mol. The van der Waals surface area contributed by atoms with E-state index in [1.807, 2.05) is 0 Å². The highest BCUT2D eigenvalue weighted by atomic mass is 31.1. The molecule has 0 saturated heterocycles. The lowest BCUT2D eigenvalue weighted by atomic mass is 10.3. The fourth-order valence-electron chi connectivity index (χ4n) is 3.07. The van der Waals surface area contributed by atoms with Crippen molar-refractivity contribution >= 4 is 23.8 Å². The Bertz CT molecular complexity index is 838. The van der Waals surface area contributed by atoms with Crippen molar-refractivity contribution in [1.29, 1.82) is 0 Å². The Labute approximate surface area is 176 Å². The number of benzene rings is 3. The van der Waals surface area contributed by atoms with Crippen molar-refractivity contribution in [1.82, 2.24) is 0 Å². The quantitative estimate of drug-likeness (QED) is 0.418. The highest BCUT2D eigenvalue weighted by Crippen LogP contribution is 2.40. The normalized spacial score (nSPS) is 14.1. The summed E-state index contributed by atoms with van der Waals surface area (Å²) >= 11 is 0. The molecule has 152 valence electrons. The van der Waals surface area contributed by atoms with E-state index in [9.17, 15) is 0 Å². The summed E-state index contributed by atoms with van der Waals surface area (Å²) in [7, 11) is -0.809. The fraction of sp³-hybridized carbons (Fsp3) is 0.308. The van der Waals surface area contributed by atoms with Crippen LogP contribution in [0.3, 0.4) is 0 Å². The molecule has 0 aliphatic heterocycles. The van der Waals surface area contributed by atoms with Gasteiger partial charge in [-0.2, -0.15) is 0 Å². The molecule has 3 aromatic rings. The van der Waals surface area contributed by atoms with Crippen molar-refractivity contribution in [3.63, 3.8) is 0 Å². The molecule has 0 aliphatic rings. The van der Waals surface area contributed by atoms with E-state index in [-0.39, 0.29) is 12.2 Å². The molecule has 3 heteroatoms. The highest BCUT2D eigenvalue weighted by molar-refractivity contribution is 7.80. The second-order valence-electron chi connectivity index (χ2n) is 7.28. The van der Waals surface area contributed by atoms with Gasteiger partial charge in [-0.3, -0.25) is 0 Å². The SMILES string of the molecule is CCC(C)Oc1ccccc1P(c1ccccc1)c1ccccc1OC(C)CC. The van der Waals surface area contributed by atoms with Crippen LogP contribution in [0.2, 0.25) is 0 Å². The van der Waals surface area contributed by atoms with Gasteiger partial charge in [-0.15, -0.1) is 0 Å². The second-order valence-corrected chi connectivity index (χ2v) is 9.43. The lowest BCUT2D eigenvalue weighted by Crippen LogP contribution is -2.26. The molecule has 0 radical (unpaired) electrons. The smallest absolute Gasteiger partial charge is 0.128 e. The molecule has 0 aromatic heterocycles. The zero-order valence-corrected chi connectivity index (χ0v) is 18.7. The summed E-state index contributed by atoms with van der Waals surface area (Å²) in [5.74, 6) is 1.94. The third-order valence-electron chi connectivity index (χ3n) is 5.03. The molecular formula is C26H31O2P. The van der Waals surface area contributed by atoms with Gasteiger partial charge < -0.3 is 9.47 Å². The summed E-state index contributed by atoms with van der Waals surface area (Å²) in [4.78, 5) is 0. The summed E-state index contributed by atoms with van der Waals surface area (Å²) in [6, 6.07) is 27.6. The van der Waals surface area contributed by atoms with Gasteiger partial charge in [-0.1, -0.05) is 80.6 Å². The summed E-state index contributed by atoms with van der Waals surface area (Å²) in [5.41, 5.74) is 0. The minimum absolute atomic E-state index is 0.176. The molecule has 2 unspecified atom stereocenters. The van der Waals surface area contributed by atoms with Crippen molar-refractivity contribution in [2.45, 2.75) is 52.7 Å². The van der Waals surface area contributed by atoms with Crippen LogP contribution in [0.4, 0.5) is 0 Å². The molecule has 2 atom stereocenters. The van der Waals surface area contributed by atoms with E-state index < -0.39 is 7.92 Å². The number of hydrogen-bond donors (Lipinski definition) is 0. The number of para-hydroxylation sites is 2. The third-order valence-corrected chi connectivity index (χ3v) is 7.55. The first-order valence-electron chi connectivity index (χ1n) is 10.5. The highest BCUT2D eigenvalue weighted by Gasteiger charge is 2.24. The maximum Gasteiger partial charge on any atom is 0.128 e. The molecule has 3 aromatic carbocycles. The number of hydrogen-bond acceptors (Lipinski definition) is 2. The molecule has 0 aliphatic carbocycles. The Morgan fingerprint density at radius 1 is 0.621 bits per heavy atom. The average Bonchev–Trinajstić information content (AvgIpc) is 2.76. The largest absolute Gasteiger partial charge is 0.490 e. The van der Waals surface area contributed by atoms with Gasteiger partial charge in [-0.05, 0) is 52.0 Å². The van der Waals surface area contributed by atoms with Crippen molar-refractivity contribution in [3.8, 4) is 11.5 Å². The van der Waals surface area contributed by atoms with Crippen molar-refractivity contribution < 1.29 is 9.47 Å². The van der Waals surface area contributed by atoms with Crippen LogP contribution in [0, 0.1) is 0 Å². The molecule has 0 saturated carbocycles. The van der Waals surface area contributed by atoms with E-state index >= 15 is 0 Å². The molecular weight excluding hydrogens is 375 g/mol. The van der Waals surface area contributed by atoms with Crippen molar-refractivity contribution in [3.05, 3.63) is 78.9 Å². The summed E-state index contributed by atoms with van der Waals surface area (Å²) in [6.45, 7) is 8.56. The molecule has 0 N–H and O–H groups in total. The van der Waals surface area contributed by atoms with Crippen LogP contribution in [0.1, 0.15) is 40.5 Å². The zero-order chi connectivity index (χ0) is 20.6. The minimum atomic E-state index is -0.809. The average molecular weight is 407 g/mol. The summed E-state index contributed by atoms with van der Waals surface area (Å²) < 4.78 is 12.7. The van der Waals surface area contributed by atoms with Gasteiger partial charge in [0.05, 0.1) is 12.2 Å². The molecule has 0 bridgehead atoms. The molecule has 29 heavy (non-hydrogen) atoms. The molecule has 2 nitrogen and oxygen atoms in total. The second kappa shape index (κ2) is 10.5. The molecule has 0 spiro atoms. The van der Waals surface area contributed by atoms with Gasteiger partial charge in [-0.25, -0.2) is 0 Å². The topological polar surface area (TPSA) is 18.5 Å². The van der Waals surface area contributed by atoms with Crippen LogP contribution in [0.5, 0.6) is 11.5 Å². The number of ether oxygens (including phenoxy) is 2. The van der Waals surface area contributed by atoms with E-state index in [4.69, 9.17) is 9.47 Å². The van der Waals surface area contributed by atoms with Crippen LogP contribution < -0.4 is 25.4 Å². The maximum absolute atomic E-state index is 6.34. The maximum atomic E-state index is 6.34. The molecule has 0 fully saturated rings. The van der Waals surface area contributed by atoms with Gasteiger partial charge in [0.15, 0.2) is 0 Å². The van der Waals surface area contributed by atoms with Crippen LogP contribution in [-0.2, 0) is 0 Å². The predicted octanol–water partition coefficient (Wildman–Crippen LogP) is 5.80. The van der Waals surface area contributed by atoms with Crippen LogP contribution in [-0.4, -0.2) is 12.2 Å². The fourth-order valence-corrected chi connectivity index (χ4v) is 5.52. The molecule has 0 amide bonds. The predicted molar refractivity (Wildman–Crippen MR) is 126 cm³/mol. The van der Waals surface area contributed by atoms with Crippen LogP contribution >= 0.6 is 7.92 Å². The standard InChI is InChI=1S/C26H31O2P/c1-5-20(3)27-23-16-10-12-18-25(23)29(22-14-8-7-9-15-22)26-19-13-11-17-24(26)28-21(4)6-2/h7-21H,5-6H2,1-4H3. The van der Waals surface area contributed by atoms with Gasteiger partial charge in [0.2, 0.25) is 0 Å². The van der Waals surface area contributed by atoms with E-state index in [1.54, 1.807) is 0 Å². The van der Waals surface area contributed by atoms with E-state index in [2.05, 4.69) is 107 Å². The van der Waals surface area contributed by atoms with Gasteiger partial charge in [0.25, 0.3) is 0 Å². The van der Waals surface area contributed by atoms with E-state index in [0.717, 1.165) is 24.3 Å². The van der Waals surface area contributed by atoms with Crippen molar-refractivity contribution in [2.24, 2.45) is 0 Å². The lowest BCUT2D eigenvalue weighted by molar-refractivity contribution is 0.219. The van der Waals surface area contributed by atoms with Crippen molar-refractivity contribution in [2.75, 3.05) is 0 Å². The number of rotatable bonds is 9. The Hall–Kier alpha value is -2.31. The first kappa shape index (κ1) is 21.4. The van der Waals surface area contributed by atoms with Crippen LogP contribution in [0.15, 0.2) is 78.9 Å². The molecule has 3 rings (SSSR count). The zero-order valence-electron chi connectivity index (χ0n) is 17.8.